The minimum absolute atomic E-state index is 0.0722. The van der Waals surface area contributed by atoms with Crippen molar-refractivity contribution in [3.8, 4) is 11.8 Å². The van der Waals surface area contributed by atoms with E-state index in [0.717, 1.165) is 48.1 Å². The average molecular weight is 327 g/mol. The lowest BCUT2D eigenvalue weighted by atomic mass is 9.83. The molecule has 1 atom stereocenters. The summed E-state index contributed by atoms with van der Waals surface area (Å²) in [5.74, 6) is 6.69. The van der Waals surface area contributed by atoms with Crippen LogP contribution in [0.15, 0.2) is 60.2 Å². The Labute approximate surface area is 149 Å². The Morgan fingerprint density at radius 1 is 0.920 bits per heavy atom. The van der Waals surface area contributed by atoms with Gasteiger partial charge in [0.05, 0.1) is 0 Å². The predicted molar refractivity (Wildman–Crippen MR) is 102 cm³/mol. The minimum Gasteiger partial charge on any atom is -0.623 e. The van der Waals surface area contributed by atoms with E-state index in [1.165, 1.54) is 15.9 Å². The number of nitrogens with zero attached hydrogens (tertiary/aromatic N) is 1. The molecular weight excluding hydrogens is 306 g/mol. The molecule has 0 radical (unpaired) electrons. The lowest BCUT2D eigenvalue weighted by Crippen LogP contribution is -2.19. The Kier molecular flexibility index (Phi) is 4.15. The molecule has 0 saturated carbocycles. The molecule has 2 aliphatic rings. The molecule has 2 heteroatoms. The van der Waals surface area contributed by atoms with Gasteiger partial charge in [0.15, 0.2) is 11.8 Å². The van der Waals surface area contributed by atoms with Crippen molar-refractivity contribution in [2.45, 2.75) is 38.6 Å². The quantitative estimate of drug-likeness (QED) is 0.428. The molecule has 4 rings (SSSR count). The van der Waals surface area contributed by atoms with Crippen LogP contribution in [0.5, 0.6) is 0 Å². The molecule has 0 spiro atoms. The zero-order valence-electron chi connectivity index (χ0n) is 14.5. The smallest absolute Gasteiger partial charge is 0.192 e. The van der Waals surface area contributed by atoms with E-state index in [9.17, 15) is 5.21 Å². The zero-order valence-corrected chi connectivity index (χ0v) is 14.5. The van der Waals surface area contributed by atoms with Crippen molar-refractivity contribution in [1.82, 2.24) is 0 Å². The number of allylic oxidation sites excluding steroid dienone is 2. The normalized spacial score (nSPS) is 19.5. The van der Waals surface area contributed by atoms with E-state index in [4.69, 9.17) is 0 Å². The summed E-state index contributed by atoms with van der Waals surface area (Å²) in [4.78, 5) is 0. The highest BCUT2D eigenvalue weighted by molar-refractivity contribution is 6.08. The molecule has 124 valence electrons. The summed E-state index contributed by atoms with van der Waals surface area (Å²) in [6.45, 7) is 2.01. The van der Waals surface area contributed by atoms with Gasteiger partial charge in [-0.25, -0.2) is 4.74 Å². The van der Waals surface area contributed by atoms with Crippen molar-refractivity contribution in [3.63, 3.8) is 0 Å². The first-order valence-corrected chi connectivity index (χ1v) is 8.95. The van der Waals surface area contributed by atoms with Crippen LogP contribution in [0.1, 0.15) is 42.9 Å². The monoisotopic (exact) mass is 327 g/mol. The Morgan fingerprint density at radius 3 is 2.44 bits per heavy atom. The second-order valence-corrected chi connectivity index (χ2v) is 6.79. The van der Waals surface area contributed by atoms with Gasteiger partial charge in [-0.1, -0.05) is 54.3 Å². The topological polar surface area (TPSA) is 26.1 Å². The van der Waals surface area contributed by atoms with Gasteiger partial charge in [0.25, 0.3) is 0 Å². The Bertz CT molecular complexity index is 925. The van der Waals surface area contributed by atoms with E-state index >= 15 is 0 Å². The van der Waals surface area contributed by atoms with Crippen LogP contribution in [0.25, 0.3) is 5.57 Å². The van der Waals surface area contributed by atoms with Crippen molar-refractivity contribution in [2.75, 3.05) is 0 Å². The summed E-state index contributed by atoms with van der Waals surface area (Å²) < 4.78 is 1.22. The largest absolute Gasteiger partial charge is 0.623 e. The summed E-state index contributed by atoms with van der Waals surface area (Å²) in [5, 5.41) is 12.5. The maximum Gasteiger partial charge on any atom is 0.192 e. The average Bonchev–Trinajstić information content (AvgIpc) is 2.99. The molecule has 2 aromatic rings. The number of hydroxylamine groups is 1. The summed E-state index contributed by atoms with van der Waals surface area (Å²) >= 11 is 0. The fourth-order valence-corrected chi connectivity index (χ4v) is 3.74. The molecular formula is C23H21NO. The highest BCUT2D eigenvalue weighted by Gasteiger charge is 2.31. The Hall–Kier alpha value is -2.79. The highest BCUT2D eigenvalue weighted by Crippen LogP contribution is 2.34. The SMILES string of the molecule is CC1CCC(C2=C(C#Cc3ccccc3)c3ccccc3CC2)=[N+]1[O-]. The zero-order chi connectivity index (χ0) is 17.2. The molecule has 25 heavy (non-hydrogen) atoms. The van der Waals surface area contributed by atoms with Crippen molar-refractivity contribution >= 4 is 11.3 Å². The number of rotatable bonds is 1. The summed E-state index contributed by atoms with van der Waals surface area (Å²) in [7, 11) is 0. The fourth-order valence-electron chi connectivity index (χ4n) is 3.74. The standard InChI is InChI=1S/C23H21NO/c1-17-11-16-23(24(17)25)22-15-13-19-9-5-6-10-20(19)21(22)14-12-18-7-3-2-4-8-18/h2-10,17H,11,13,15-16H2,1H3. The maximum absolute atomic E-state index is 12.5. The van der Waals surface area contributed by atoms with Gasteiger partial charge in [-0.05, 0) is 43.0 Å². The van der Waals surface area contributed by atoms with E-state index in [-0.39, 0.29) is 6.04 Å². The van der Waals surface area contributed by atoms with Crippen LogP contribution >= 0.6 is 0 Å². The van der Waals surface area contributed by atoms with E-state index < -0.39 is 0 Å². The first kappa shape index (κ1) is 15.7. The summed E-state index contributed by atoms with van der Waals surface area (Å²) in [6, 6.07) is 18.6. The van der Waals surface area contributed by atoms with E-state index in [1.807, 2.05) is 37.3 Å². The first-order valence-electron chi connectivity index (χ1n) is 8.95. The van der Waals surface area contributed by atoms with Gasteiger partial charge in [0, 0.05) is 29.6 Å². The number of hydrogen-bond donors (Lipinski definition) is 0. The molecule has 1 aliphatic heterocycles. The summed E-state index contributed by atoms with van der Waals surface area (Å²) in [6.07, 6.45) is 3.67. The third kappa shape index (κ3) is 2.98. The van der Waals surface area contributed by atoms with Gasteiger partial charge in [-0.3, -0.25) is 0 Å². The van der Waals surface area contributed by atoms with Gasteiger partial charge >= 0.3 is 0 Å². The van der Waals surface area contributed by atoms with Crippen LogP contribution in [0.2, 0.25) is 0 Å². The number of hydrogen-bond acceptors (Lipinski definition) is 1. The van der Waals surface area contributed by atoms with Gasteiger partial charge in [0.1, 0.15) is 0 Å². The molecule has 1 aliphatic carbocycles. The maximum atomic E-state index is 12.5. The number of benzene rings is 2. The number of fused-ring (bicyclic) bond motifs is 1. The van der Waals surface area contributed by atoms with Gasteiger partial charge in [-0.15, -0.1) is 0 Å². The molecule has 1 heterocycles. The predicted octanol–water partition coefficient (Wildman–Crippen LogP) is 4.57. The lowest BCUT2D eigenvalue weighted by molar-refractivity contribution is -0.487. The number of aryl methyl sites for hydroxylation is 1. The second-order valence-electron chi connectivity index (χ2n) is 6.79. The third-order valence-corrected chi connectivity index (χ3v) is 5.15. The molecule has 2 nitrogen and oxygen atoms in total. The van der Waals surface area contributed by atoms with Crippen LogP contribution in [-0.4, -0.2) is 16.5 Å². The Morgan fingerprint density at radius 2 is 1.68 bits per heavy atom. The van der Waals surface area contributed by atoms with Gasteiger partial charge < -0.3 is 5.21 Å². The molecule has 0 amide bonds. The third-order valence-electron chi connectivity index (χ3n) is 5.15. The van der Waals surface area contributed by atoms with Gasteiger partial charge in [-0.2, -0.15) is 0 Å². The van der Waals surface area contributed by atoms with E-state index in [2.05, 4.69) is 36.1 Å². The van der Waals surface area contributed by atoms with Crippen LogP contribution in [0, 0.1) is 17.0 Å². The molecule has 1 unspecified atom stereocenters. The van der Waals surface area contributed by atoms with Crippen LogP contribution in [-0.2, 0) is 6.42 Å². The van der Waals surface area contributed by atoms with E-state index in [1.54, 1.807) is 0 Å². The minimum atomic E-state index is 0.0722. The fraction of sp³-hybridized carbons (Fsp3) is 0.261. The van der Waals surface area contributed by atoms with Crippen molar-refractivity contribution < 1.29 is 4.74 Å². The molecule has 0 bridgehead atoms. The van der Waals surface area contributed by atoms with Crippen LogP contribution in [0.3, 0.4) is 0 Å². The van der Waals surface area contributed by atoms with Crippen molar-refractivity contribution in [3.05, 3.63) is 82.1 Å². The highest BCUT2D eigenvalue weighted by atomic mass is 16.5. The molecule has 0 aromatic heterocycles. The Balaban J connectivity index is 1.87. The van der Waals surface area contributed by atoms with E-state index in [0.29, 0.717) is 0 Å². The first-order chi connectivity index (χ1) is 12.2. The van der Waals surface area contributed by atoms with Crippen LogP contribution < -0.4 is 0 Å². The van der Waals surface area contributed by atoms with Crippen molar-refractivity contribution in [2.24, 2.45) is 0 Å². The summed E-state index contributed by atoms with van der Waals surface area (Å²) in [5.41, 5.74) is 6.65. The molecule has 2 aromatic carbocycles. The lowest BCUT2D eigenvalue weighted by Gasteiger charge is -2.20. The molecule has 0 fully saturated rings. The van der Waals surface area contributed by atoms with Crippen LogP contribution in [0.4, 0.5) is 0 Å². The molecule has 0 N–H and O–H groups in total. The second kappa shape index (κ2) is 6.61. The van der Waals surface area contributed by atoms with Gasteiger partial charge in [0.2, 0.25) is 0 Å². The molecule has 0 saturated heterocycles. The van der Waals surface area contributed by atoms with Crippen molar-refractivity contribution in [1.29, 1.82) is 0 Å².